The summed E-state index contributed by atoms with van der Waals surface area (Å²) >= 11 is 0. The van der Waals surface area contributed by atoms with Gasteiger partial charge in [-0.15, -0.1) is 8.78 Å². The summed E-state index contributed by atoms with van der Waals surface area (Å²) in [4.78, 5) is 0. The highest BCUT2D eigenvalue weighted by Crippen LogP contribution is 2.42. The van der Waals surface area contributed by atoms with Crippen LogP contribution < -0.4 is 14.8 Å². The molecule has 1 atom stereocenters. The van der Waals surface area contributed by atoms with Gasteiger partial charge < -0.3 is 14.8 Å². The molecule has 1 aromatic carbocycles. The summed E-state index contributed by atoms with van der Waals surface area (Å²) in [6.45, 7) is 0. The van der Waals surface area contributed by atoms with Crippen LogP contribution in [0.1, 0.15) is 12.8 Å². The predicted molar refractivity (Wildman–Crippen MR) is 67.9 cm³/mol. The molecule has 0 aliphatic carbocycles. The van der Waals surface area contributed by atoms with Crippen molar-refractivity contribution in [1.29, 1.82) is 0 Å². The monoisotopic (exact) mass is 305 g/mol. The van der Waals surface area contributed by atoms with Gasteiger partial charge in [0.05, 0.1) is 11.5 Å². The van der Waals surface area contributed by atoms with Crippen molar-refractivity contribution in [3.05, 3.63) is 18.2 Å². The van der Waals surface area contributed by atoms with Crippen LogP contribution in [-0.4, -0.2) is 32.3 Å². The lowest BCUT2D eigenvalue weighted by molar-refractivity contribution is -0.286. The molecule has 2 heterocycles. The Labute approximate surface area is 114 Å². The van der Waals surface area contributed by atoms with Gasteiger partial charge in [-0.1, -0.05) is 0 Å². The first-order valence-electron chi connectivity index (χ1n) is 6.20. The van der Waals surface area contributed by atoms with Gasteiger partial charge in [0, 0.05) is 17.8 Å². The van der Waals surface area contributed by atoms with Gasteiger partial charge in [-0.2, -0.15) is 0 Å². The zero-order valence-electron chi connectivity index (χ0n) is 10.4. The predicted octanol–water partition coefficient (Wildman–Crippen LogP) is 2.00. The molecule has 0 spiro atoms. The average molecular weight is 305 g/mol. The fourth-order valence-corrected chi connectivity index (χ4v) is 4.05. The van der Waals surface area contributed by atoms with Crippen molar-refractivity contribution >= 4 is 15.5 Å². The maximum absolute atomic E-state index is 12.9. The molecule has 20 heavy (non-hydrogen) atoms. The van der Waals surface area contributed by atoms with Crippen LogP contribution in [0.25, 0.3) is 0 Å². The number of hydrogen-bond donors (Lipinski definition) is 1. The van der Waals surface area contributed by atoms with E-state index in [9.17, 15) is 17.2 Å². The third kappa shape index (κ3) is 2.79. The van der Waals surface area contributed by atoms with E-state index in [4.69, 9.17) is 0 Å². The summed E-state index contributed by atoms with van der Waals surface area (Å²) in [5.41, 5.74) is 0.534. The lowest BCUT2D eigenvalue weighted by Crippen LogP contribution is -2.34. The Morgan fingerprint density at radius 3 is 2.75 bits per heavy atom. The lowest BCUT2D eigenvalue weighted by atomic mass is 10.1. The summed E-state index contributed by atoms with van der Waals surface area (Å²) < 4.78 is 57.5. The van der Waals surface area contributed by atoms with Crippen molar-refractivity contribution in [3.8, 4) is 11.5 Å². The van der Waals surface area contributed by atoms with Crippen LogP contribution in [0.4, 0.5) is 14.5 Å². The Morgan fingerprint density at radius 2 is 2.00 bits per heavy atom. The van der Waals surface area contributed by atoms with E-state index >= 15 is 0 Å². The van der Waals surface area contributed by atoms with Crippen LogP contribution in [0.3, 0.4) is 0 Å². The Hall–Kier alpha value is -1.57. The molecule has 1 aromatic rings. The largest absolute Gasteiger partial charge is 0.586 e. The number of alkyl halides is 2. The quantitative estimate of drug-likeness (QED) is 0.905. The molecule has 0 aromatic heterocycles. The van der Waals surface area contributed by atoms with Gasteiger partial charge in [-0.25, -0.2) is 8.42 Å². The second kappa shape index (κ2) is 4.47. The van der Waals surface area contributed by atoms with Crippen molar-refractivity contribution in [1.82, 2.24) is 0 Å². The molecule has 1 unspecified atom stereocenters. The Bertz CT molecular complexity index is 632. The normalized spacial score (nSPS) is 26.2. The SMILES string of the molecule is O=S1(=O)CCCC(Nc2ccc3c(c2)OC(F)(F)O3)C1. The lowest BCUT2D eigenvalue weighted by Gasteiger charge is -2.24. The molecular formula is C12H13F2NO4S. The number of benzene rings is 1. The van der Waals surface area contributed by atoms with Crippen molar-refractivity contribution in [2.75, 3.05) is 16.8 Å². The fourth-order valence-electron chi connectivity index (χ4n) is 2.41. The first-order valence-corrected chi connectivity index (χ1v) is 8.02. The number of hydrogen-bond acceptors (Lipinski definition) is 5. The number of ether oxygens (including phenoxy) is 2. The molecule has 5 nitrogen and oxygen atoms in total. The zero-order chi connectivity index (χ0) is 14.4. The zero-order valence-corrected chi connectivity index (χ0v) is 11.3. The number of fused-ring (bicyclic) bond motifs is 1. The molecule has 0 saturated carbocycles. The van der Waals surface area contributed by atoms with Crippen LogP contribution in [0.2, 0.25) is 0 Å². The maximum Gasteiger partial charge on any atom is 0.586 e. The molecule has 8 heteroatoms. The molecule has 0 radical (unpaired) electrons. The Balaban J connectivity index is 1.74. The highest BCUT2D eigenvalue weighted by molar-refractivity contribution is 7.91. The first-order chi connectivity index (χ1) is 9.33. The van der Waals surface area contributed by atoms with Crippen molar-refractivity contribution < 1.29 is 26.7 Å². The third-order valence-electron chi connectivity index (χ3n) is 3.24. The number of halogens is 2. The van der Waals surface area contributed by atoms with E-state index in [-0.39, 0.29) is 29.0 Å². The number of nitrogens with one attached hydrogen (secondary N) is 1. The van der Waals surface area contributed by atoms with E-state index < -0.39 is 16.1 Å². The number of rotatable bonds is 2. The second-order valence-corrected chi connectivity index (χ2v) is 7.16. The number of anilines is 1. The first kappa shape index (κ1) is 13.4. The van der Waals surface area contributed by atoms with Crippen molar-refractivity contribution in [3.63, 3.8) is 0 Å². The highest BCUT2D eigenvalue weighted by atomic mass is 32.2. The van der Waals surface area contributed by atoms with Gasteiger partial charge in [0.2, 0.25) is 0 Å². The average Bonchev–Trinajstić information content (AvgIpc) is 2.61. The maximum atomic E-state index is 12.9. The summed E-state index contributed by atoms with van der Waals surface area (Å²) in [7, 11) is -3.02. The summed E-state index contributed by atoms with van der Waals surface area (Å²) in [6, 6.07) is 4.10. The summed E-state index contributed by atoms with van der Waals surface area (Å²) in [5.74, 6) is 0.173. The van der Waals surface area contributed by atoms with E-state index in [2.05, 4.69) is 14.8 Å². The van der Waals surface area contributed by atoms with Crippen molar-refractivity contribution in [2.24, 2.45) is 0 Å². The van der Waals surface area contributed by atoms with E-state index in [0.29, 0.717) is 12.1 Å². The van der Waals surface area contributed by atoms with Gasteiger partial charge in [-0.05, 0) is 25.0 Å². The molecule has 0 bridgehead atoms. The van der Waals surface area contributed by atoms with E-state index in [0.717, 1.165) is 6.42 Å². The molecule has 2 aliphatic heterocycles. The standard InChI is InChI=1S/C12H13F2NO4S/c13-12(14)18-10-4-3-8(6-11(10)19-12)15-9-2-1-5-20(16,17)7-9/h3-4,6,9,15H,1-2,5,7H2. The molecule has 110 valence electrons. The second-order valence-electron chi connectivity index (χ2n) is 4.93. The summed E-state index contributed by atoms with van der Waals surface area (Å²) in [6.07, 6.45) is -2.32. The van der Waals surface area contributed by atoms with Gasteiger partial charge in [0.25, 0.3) is 0 Å². The van der Waals surface area contributed by atoms with Gasteiger partial charge in [0.1, 0.15) is 0 Å². The minimum atomic E-state index is -3.64. The molecule has 1 saturated heterocycles. The van der Waals surface area contributed by atoms with Gasteiger partial charge in [-0.3, -0.25) is 0 Å². The molecule has 3 rings (SSSR count). The smallest absolute Gasteiger partial charge is 0.395 e. The van der Waals surface area contributed by atoms with Gasteiger partial charge in [0.15, 0.2) is 21.3 Å². The molecule has 0 amide bonds. The molecular weight excluding hydrogens is 292 g/mol. The van der Waals surface area contributed by atoms with Crippen LogP contribution in [-0.2, 0) is 9.84 Å². The number of sulfone groups is 1. The molecule has 1 fully saturated rings. The Morgan fingerprint density at radius 1 is 1.25 bits per heavy atom. The van der Waals surface area contributed by atoms with E-state index in [1.807, 2.05) is 0 Å². The van der Waals surface area contributed by atoms with Crippen LogP contribution >= 0.6 is 0 Å². The minimum absolute atomic E-state index is 0.0307. The third-order valence-corrected chi connectivity index (χ3v) is 5.06. The van der Waals surface area contributed by atoms with E-state index in [1.165, 1.54) is 12.1 Å². The van der Waals surface area contributed by atoms with Crippen LogP contribution in [0.15, 0.2) is 18.2 Å². The van der Waals surface area contributed by atoms with Crippen LogP contribution in [0, 0.1) is 0 Å². The topological polar surface area (TPSA) is 64.6 Å². The Kier molecular flexibility index (Phi) is 3.00. The highest BCUT2D eigenvalue weighted by Gasteiger charge is 2.43. The van der Waals surface area contributed by atoms with Gasteiger partial charge >= 0.3 is 6.29 Å². The van der Waals surface area contributed by atoms with Crippen LogP contribution in [0.5, 0.6) is 11.5 Å². The fraction of sp³-hybridized carbons (Fsp3) is 0.500. The minimum Gasteiger partial charge on any atom is -0.395 e. The molecule has 1 N–H and O–H groups in total. The summed E-state index contributed by atoms with van der Waals surface area (Å²) in [5, 5.41) is 3.03. The van der Waals surface area contributed by atoms with Crippen molar-refractivity contribution in [2.45, 2.75) is 25.2 Å². The molecule has 2 aliphatic rings. The van der Waals surface area contributed by atoms with E-state index in [1.54, 1.807) is 6.07 Å².